The summed E-state index contributed by atoms with van der Waals surface area (Å²) in [7, 11) is 0. The van der Waals surface area contributed by atoms with Crippen molar-refractivity contribution in [2.24, 2.45) is 0 Å². The smallest absolute Gasteiger partial charge is 0.460 e. The molecule has 0 bridgehead atoms. The van der Waals surface area contributed by atoms with Crippen LogP contribution in [0.5, 0.6) is 0 Å². The van der Waals surface area contributed by atoms with Crippen LogP contribution in [0.3, 0.4) is 0 Å². The SMILES string of the molecule is CCCCCCOC(=S)SC(F)(F)C(F)(F)C(F)(F)F. The first kappa shape index (κ1) is 19.8. The Hall–Kier alpha value is -0.250. The van der Waals surface area contributed by atoms with E-state index in [0.29, 0.717) is 6.42 Å². The Morgan fingerprint density at radius 3 is 2.00 bits per heavy atom. The summed E-state index contributed by atoms with van der Waals surface area (Å²) in [4.78, 5) is 0. The summed E-state index contributed by atoms with van der Waals surface area (Å²) in [6, 6.07) is 0. The average Bonchev–Trinajstić information content (AvgIpc) is 2.26. The summed E-state index contributed by atoms with van der Waals surface area (Å²) in [6.45, 7) is 1.83. The first-order valence-corrected chi connectivity index (χ1v) is 6.86. The zero-order valence-electron chi connectivity index (χ0n) is 10.4. The highest BCUT2D eigenvalue weighted by molar-refractivity contribution is 8.23. The minimum atomic E-state index is -6.36. The molecule has 0 aliphatic heterocycles. The fraction of sp³-hybridized carbons (Fsp3) is 0.900. The highest BCUT2D eigenvalue weighted by Gasteiger charge is 2.74. The van der Waals surface area contributed by atoms with Crippen molar-refractivity contribution in [3.05, 3.63) is 0 Å². The van der Waals surface area contributed by atoms with Gasteiger partial charge in [-0.25, -0.2) is 0 Å². The number of hydrogen-bond acceptors (Lipinski definition) is 3. The molecule has 0 aromatic heterocycles. The van der Waals surface area contributed by atoms with Crippen LogP contribution in [0.15, 0.2) is 0 Å². The Balaban J connectivity index is 4.36. The second-order valence-electron chi connectivity index (χ2n) is 3.85. The van der Waals surface area contributed by atoms with Crippen molar-refractivity contribution in [2.75, 3.05) is 6.61 Å². The summed E-state index contributed by atoms with van der Waals surface area (Å²) in [6.07, 6.45) is -3.41. The van der Waals surface area contributed by atoms with E-state index in [2.05, 4.69) is 17.0 Å². The van der Waals surface area contributed by atoms with Crippen LogP contribution in [0.4, 0.5) is 30.7 Å². The Morgan fingerprint density at radius 2 is 1.55 bits per heavy atom. The van der Waals surface area contributed by atoms with Gasteiger partial charge in [-0.15, -0.1) is 0 Å². The normalized spacial score (nSPS) is 13.4. The largest absolute Gasteiger partial charge is 0.478 e. The zero-order chi connectivity index (χ0) is 16.0. The summed E-state index contributed by atoms with van der Waals surface area (Å²) in [5.74, 6) is -6.18. The van der Waals surface area contributed by atoms with Gasteiger partial charge in [-0.2, -0.15) is 30.7 Å². The molecule has 0 fully saturated rings. The van der Waals surface area contributed by atoms with Crippen molar-refractivity contribution < 1.29 is 35.5 Å². The molecule has 0 saturated carbocycles. The van der Waals surface area contributed by atoms with Gasteiger partial charge in [0, 0.05) is 11.8 Å². The first-order valence-electron chi connectivity index (χ1n) is 5.64. The lowest BCUT2D eigenvalue weighted by Crippen LogP contribution is -2.50. The average molecular weight is 346 g/mol. The molecule has 0 atom stereocenters. The number of halogens is 7. The molecule has 0 saturated heterocycles. The van der Waals surface area contributed by atoms with Crippen molar-refractivity contribution in [1.29, 1.82) is 0 Å². The topological polar surface area (TPSA) is 9.23 Å². The minimum absolute atomic E-state index is 0.0977. The van der Waals surface area contributed by atoms with Crippen molar-refractivity contribution in [3.8, 4) is 0 Å². The molecule has 0 heterocycles. The van der Waals surface area contributed by atoms with Gasteiger partial charge < -0.3 is 4.74 Å². The van der Waals surface area contributed by atoms with E-state index >= 15 is 0 Å². The van der Waals surface area contributed by atoms with Crippen LogP contribution in [0.25, 0.3) is 0 Å². The molecular formula is C10H13F7OS2. The molecule has 0 spiro atoms. The quantitative estimate of drug-likeness (QED) is 0.347. The summed E-state index contributed by atoms with van der Waals surface area (Å²) in [5.41, 5.74) is 0. The maximum absolute atomic E-state index is 12.9. The number of alkyl halides is 7. The Kier molecular flexibility index (Phi) is 7.58. The van der Waals surface area contributed by atoms with Crippen molar-refractivity contribution >= 4 is 28.4 Å². The number of rotatable bonds is 7. The van der Waals surface area contributed by atoms with Gasteiger partial charge in [0.25, 0.3) is 0 Å². The summed E-state index contributed by atoms with van der Waals surface area (Å²) in [5, 5.41) is -5.41. The summed E-state index contributed by atoms with van der Waals surface area (Å²) >= 11 is 3.14. The third-order valence-corrected chi connectivity index (χ3v) is 3.32. The van der Waals surface area contributed by atoms with Crippen LogP contribution in [0, 0.1) is 0 Å². The molecule has 0 aromatic rings. The molecule has 1 nitrogen and oxygen atoms in total. The lowest BCUT2D eigenvalue weighted by Gasteiger charge is -2.27. The molecule has 0 amide bonds. The molecule has 20 heavy (non-hydrogen) atoms. The van der Waals surface area contributed by atoms with Gasteiger partial charge in [0.05, 0.1) is 6.61 Å². The lowest BCUT2D eigenvalue weighted by atomic mass is 10.2. The van der Waals surface area contributed by atoms with Crippen LogP contribution in [0.1, 0.15) is 32.6 Å². The molecule has 0 radical (unpaired) electrons. The number of thiocarbonyl (C=S) groups is 1. The third-order valence-electron chi connectivity index (χ3n) is 2.15. The van der Waals surface area contributed by atoms with Gasteiger partial charge >= 0.3 is 17.4 Å². The fourth-order valence-electron chi connectivity index (χ4n) is 1.05. The predicted octanol–water partition coefficient (Wildman–Crippen LogP) is 5.39. The van der Waals surface area contributed by atoms with Crippen molar-refractivity contribution in [3.63, 3.8) is 0 Å². The van der Waals surface area contributed by atoms with Gasteiger partial charge in [0.1, 0.15) is 0 Å². The Labute approximate surface area is 121 Å². The first-order chi connectivity index (χ1) is 8.95. The van der Waals surface area contributed by atoms with Crippen molar-refractivity contribution in [1.82, 2.24) is 0 Å². The van der Waals surface area contributed by atoms with Crippen molar-refractivity contribution in [2.45, 2.75) is 50.0 Å². The van der Waals surface area contributed by atoms with Crippen LogP contribution >= 0.6 is 24.0 Å². The predicted molar refractivity (Wildman–Crippen MR) is 66.2 cm³/mol. The number of hydrogen-bond donors (Lipinski definition) is 0. The van der Waals surface area contributed by atoms with E-state index in [1.165, 1.54) is 0 Å². The van der Waals surface area contributed by atoms with E-state index in [9.17, 15) is 30.7 Å². The second kappa shape index (κ2) is 7.67. The highest BCUT2D eigenvalue weighted by atomic mass is 32.2. The van der Waals surface area contributed by atoms with Gasteiger partial charge in [-0.05, 0) is 18.6 Å². The maximum Gasteiger partial charge on any atom is 0.460 e. The third kappa shape index (κ3) is 5.63. The Morgan fingerprint density at radius 1 is 1.00 bits per heavy atom. The van der Waals surface area contributed by atoms with E-state index in [1.807, 2.05) is 6.92 Å². The maximum atomic E-state index is 12.9. The monoisotopic (exact) mass is 346 g/mol. The van der Waals surface area contributed by atoms with Gasteiger partial charge in [-0.1, -0.05) is 26.2 Å². The lowest BCUT2D eigenvalue weighted by molar-refractivity contribution is -0.330. The van der Waals surface area contributed by atoms with E-state index in [0.717, 1.165) is 19.3 Å². The number of unbranched alkanes of at least 4 members (excludes halogenated alkanes) is 3. The molecule has 0 rings (SSSR count). The fourth-order valence-corrected chi connectivity index (χ4v) is 2.04. The van der Waals surface area contributed by atoms with Crippen LogP contribution in [0.2, 0.25) is 0 Å². The molecule has 0 N–H and O–H groups in total. The molecule has 0 aliphatic rings. The molecule has 10 heteroatoms. The van der Waals surface area contributed by atoms with Crippen LogP contribution < -0.4 is 0 Å². The number of thioether (sulfide) groups is 1. The van der Waals surface area contributed by atoms with E-state index in [4.69, 9.17) is 0 Å². The van der Waals surface area contributed by atoms with Gasteiger partial charge in [0.15, 0.2) is 0 Å². The number of ether oxygens (including phenoxy) is 1. The standard InChI is InChI=1S/C10H13F7OS2/c1-2-3-4-5-6-18-7(19)20-10(16,17)8(11,12)9(13,14)15/h2-6H2,1H3. The molecular weight excluding hydrogens is 333 g/mol. The molecule has 0 aromatic carbocycles. The highest BCUT2D eigenvalue weighted by Crippen LogP contribution is 2.52. The zero-order valence-corrected chi connectivity index (χ0v) is 12.0. The van der Waals surface area contributed by atoms with Crippen LogP contribution in [-0.2, 0) is 4.74 Å². The Bertz CT molecular complexity index is 317. The molecule has 0 aliphatic carbocycles. The van der Waals surface area contributed by atoms with Gasteiger partial charge in [0.2, 0.25) is 4.38 Å². The van der Waals surface area contributed by atoms with E-state index < -0.39 is 33.5 Å². The van der Waals surface area contributed by atoms with E-state index in [1.54, 1.807) is 0 Å². The van der Waals surface area contributed by atoms with Crippen LogP contribution in [-0.4, -0.2) is 28.3 Å². The molecule has 120 valence electrons. The van der Waals surface area contributed by atoms with E-state index in [-0.39, 0.29) is 6.61 Å². The minimum Gasteiger partial charge on any atom is -0.478 e. The molecule has 0 unspecified atom stereocenters. The summed E-state index contributed by atoms with van der Waals surface area (Å²) < 4.78 is 89.9. The second-order valence-corrected chi connectivity index (χ2v) is 5.57. The van der Waals surface area contributed by atoms with Gasteiger partial charge in [-0.3, -0.25) is 0 Å².